The molecule has 0 radical (unpaired) electrons. The molecule has 0 bridgehead atoms. The molecular weight excluding hydrogens is 266 g/mol. The number of aliphatic hydroxyl groups excluding tert-OH is 1. The van der Waals surface area contributed by atoms with Crippen molar-refractivity contribution in [1.29, 1.82) is 0 Å². The summed E-state index contributed by atoms with van der Waals surface area (Å²) >= 11 is 0. The summed E-state index contributed by atoms with van der Waals surface area (Å²) < 4.78 is 26.9. The number of piperidine rings is 1. The van der Waals surface area contributed by atoms with Crippen molar-refractivity contribution in [2.75, 3.05) is 19.6 Å². The van der Waals surface area contributed by atoms with Crippen LogP contribution >= 0.6 is 0 Å². The van der Waals surface area contributed by atoms with Gasteiger partial charge in [-0.05, 0) is 38.1 Å². The molecule has 1 heterocycles. The second-order valence-corrected chi connectivity index (χ2v) is 4.92. The smallest absolute Gasteiger partial charge is 0.223 e. The van der Waals surface area contributed by atoms with E-state index in [9.17, 15) is 18.7 Å². The lowest BCUT2D eigenvalue weighted by molar-refractivity contribution is -0.126. The number of carbonyl (C=O) groups is 1. The number of hydrogen-bond acceptors (Lipinski definition) is 3. The normalized spacial score (nSPS) is 17.8. The van der Waals surface area contributed by atoms with Crippen LogP contribution < -0.4 is 10.6 Å². The van der Waals surface area contributed by atoms with Crippen molar-refractivity contribution in [1.82, 2.24) is 10.6 Å². The van der Waals surface area contributed by atoms with Crippen LogP contribution in [0.25, 0.3) is 0 Å². The van der Waals surface area contributed by atoms with E-state index in [0.717, 1.165) is 38.1 Å². The zero-order valence-electron chi connectivity index (χ0n) is 11.0. The molecule has 1 aromatic rings. The molecule has 6 heteroatoms. The zero-order chi connectivity index (χ0) is 14.5. The third kappa shape index (κ3) is 3.52. The molecule has 1 atom stereocenters. The van der Waals surface area contributed by atoms with Gasteiger partial charge >= 0.3 is 0 Å². The van der Waals surface area contributed by atoms with Crippen molar-refractivity contribution in [3.63, 3.8) is 0 Å². The molecule has 1 aliphatic heterocycles. The van der Waals surface area contributed by atoms with Crippen molar-refractivity contribution in [3.05, 3.63) is 35.4 Å². The third-order valence-corrected chi connectivity index (χ3v) is 3.51. The van der Waals surface area contributed by atoms with E-state index in [0.29, 0.717) is 0 Å². The van der Waals surface area contributed by atoms with Gasteiger partial charge in [0.25, 0.3) is 0 Å². The van der Waals surface area contributed by atoms with Gasteiger partial charge in [-0.25, -0.2) is 8.78 Å². The first-order valence-corrected chi connectivity index (χ1v) is 6.70. The summed E-state index contributed by atoms with van der Waals surface area (Å²) in [5.74, 6) is -1.90. The van der Waals surface area contributed by atoms with Gasteiger partial charge in [-0.1, -0.05) is 6.07 Å². The predicted molar refractivity (Wildman–Crippen MR) is 69.9 cm³/mol. The summed E-state index contributed by atoms with van der Waals surface area (Å²) in [6.07, 6.45) is 0.0771. The first-order chi connectivity index (χ1) is 9.59. The summed E-state index contributed by atoms with van der Waals surface area (Å²) in [6.45, 7) is 1.37. The predicted octanol–water partition coefficient (Wildman–Crippen LogP) is 1.11. The van der Waals surface area contributed by atoms with Crippen molar-refractivity contribution in [2.45, 2.75) is 18.9 Å². The number of rotatable bonds is 4. The van der Waals surface area contributed by atoms with Gasteiger partial charge in [0.15, 0.2) is 0 Å². The summed E-state index contributed by atoms with van der Waals surface area (Å²) in [5, 5.41) is 15.5. The standard InChI is InChI=1S/C14H18F2N2O2/c15-10-2-1-3-11(16)13(10)12(19)8-18-14(20)9-4-6-17-7-5-9/h1-3,9,12,17,19H,4-8H2,(H,18,20). The number of hydrogen-bond donors (Lipinski definition) is 3. The van der Waals surface area contributed by atoms with Gasteiger partial charge in [0.2, 0.25) is 5.91 Å². The van der Waals surface area contributed by atoms with E-state index < -0.39 is 23.3 Å². The number of amides is 1. The number of carbonyl (C=O) groups excluding carboxylic acids is 1. The largest absolute Gasteiger partial charge is 0.386 e. The van der Waals surface area contributed by atoms with Gasteiger partial charge in [0.05, 0.1) is 5.56 Å². The molecule has 1 amide bonds. The molecule has 0 saturated carbocycles. The molecule has 1 fully saturated rings. The quantitative estimate of drug-likeness (QED) is 0.776. The maximum atomic E-state index is 13.5. The molecule has 0 aliphatic carbocycles. The van der Waals surface area contributed by atoms with Gasteiger partial charge in [-0.15, -0.1) is 0 Å². The molecule has 4 nitrogen and oxygen atoms in total. The van der Waals surface area contributed by atoms with Gasteiger partial charge < -0.3 is 15.7 Å². The molecule has 1 unspecified atom stereocenters. The summed E-state index contributed by atoms with van der Waals surface area (Å²) in [7, 11) is 0. The average molecular weight is 284 g/mol. The molecule has 3 N–H and O–H groups in total. The van der Waals surface area contributed by atoms with Crippen LogP contribution in [0.1, 0.15) is 24.5 Å². The lowest BCUT2D eigenvalue weighted by Gasteiger charge is -2.22. The third-order valence-electron chi connectivity index (χ3n) is 3.51. The van der Waals surface area contributed by atoms with Crippen molar-refractivity contribution < 1.29 is 18.7 Å². The van der Waals surface area contributed by atoms with Gasteiger partial charge in [-0.2, -0.15) is 0 Å². The van der Waals surface area contributed by atoms with Crippen LogP contribution in [0, 0.1) is 17.6 Å². The Labute approximate surface area is 116 Å². The van der Waals surface area contributed by atoms with E-state index in [1.54, 1.807) is 0 Å². The highest BCUT2D eigenvalue weighted by atomic mass is 19.1. The van der Waals surface area contributed by atoms with Crippen LogP contribution in [0.2, 0.25) is 0 Å². The molecule has 0 spiro atoms. The minimum Gasteiger partial charge on any atom is -0.386 e. The van der Waals surface area contributed by atoms with E-state index in [1.807, 2.05) is 0 Å². The maximum absolute atomic E-state index is 13.5. The van der Waals surface area contributed by atoms with Gasteiger partial charge in [0.1, 0.15) is 17.7 Å². The zero-order valence-corrected chi connectivity index (χ0v) is 11.0. The molecule has 1 saturated heterocycles. The molecule has 110 valence electrons. The van der Waals surface area contributed by atoms with E-state index in [2.05, 4.69) is 10.6 Å². The second kappa shape index (κ2) is 6.76. The lowest BCUT2D eigenvalue weighted by atomic mass is 9.97. The number of aliphatic hydroxyl groups is 1. The molecule has 1 aliphatic rings. The molecule has 1 aromatic carbocycles. The lowest BCUT2D eigenvalue weighted by Crippen LogP contribution is -2.39. The fourth-order valence-corrected chi connectivity index (χ4v) is 2.36. The van der Waals surface area contributed by atoms with Crippen LogP contribution in [-0.2, 0) is 4.79 Å². The summed E-state index contributed by atoms with van der Waals surface area (Å²) in [6, 6.07) is 3.39. The SMILES string of the molecule is O=C(NCC(O)c1c(F)cccc1F)C1CCNCC1. The van der Waals surface area contributed by atoms with Crippen molar-refractivity contribution in [2.24, 2.45) is 5.92 Å². The Morgan fingerprint density at radius 3 is 2.55 bits per heavy atom. The Morgan fingerprint density at radius 1 is 1.35 bits per heavy atom. The van der Waals surface area contributed by atoms with E-state index in [1.165, 1.54) is 6.07 Å². The Hall–Kier alpha value is -1.53. The Morgan fingerprint density at radius 2 is 1.95 bits per heavy atom. The fraction of sp³-hybridized carbons (Fsp3) is 0.500. The number of benzene rings is 1. The van der Waals surface area contributed by atoms with Crippen LogP contribution in [0.4, 0.5) is 8.78 Å². The first-order valence-electron chi connectivity index (χ1n) is 6.70. The highest BCUT2D eigenvalue weighted by molar-refractivity contribution is 5.78. The monoisotopic (exact) mass is 284 g/mol. The van der Waals surface area contributed by atoms with Crippen LogP contribution in [-0.4, -0.2) is 30.6 Å². The maximum Gasteiger partial charge on any atom is 0.223 e. The molecular formula is C14H18F2N2O2. The van der Waals surface area contributed by atoms with Crippen LogP contribution in [0.3, 0.4) is 0 Å². The van der Waals surface area contributed by atoms with Gasteiger partial charge in [-0.3, -0.25) is 4.79 Å². The molecule has 20 heavy (non-hydrogen) atoms. The van der Waals surface area contributed by atoms with E-state index in [4.69, 9.17) is 0 Å². The summed E-state index contributed by atoms with van der Waals surface area (Å²) in [5.41, 5.74) is -0.405. The van der Waals surface area contributed by atoms with Crippen molar-refractivity contribution in [3.8, 4) is 0 Å². The molecule has 2 rings (SSSR count). The highest BCUT2D eigenvalue weighted by Crippen LogP contribution is 2.20. The number of halogens is 2. The average Bonchev–Trinajstić information content (AvgIpc) is 2.45. The highest BCUT2D eigenvalue weighted by Gasteiger charge is 2.23. The minimum atomic E-state index is -1.39. The van der Waals surface area contributed by atoms with E-state index in [-0.39, 0.29) is 18.4 Å². The van der Waals surface area contributed by atoms with Crippen LogP contribution in [0.15, 0.2) is 18.2 Å². The van der Waals surface area contributed by atoms with Gasteiger partial charge in [0, 0.05) is 12.5 Å². The fourth-order valence-electron chi connectivity index (χ4n) is 2.36. The minimum absolute atomic E-state index is 0.103. The first kappa shape index (κ1) is 14.9. The number of nitrogens with one attached hydrogen (secondary N) is 2. The van der Waals surface area contributed by atoms with Crippen molar-refractivity contribution >= 4 is 5.91 Å². The Kier molecular flexibility index (Phi) is 5.03. The Balaban J connectivity index is 1.91. The van der Waals surface area contributed by atoms with E-state index >= 15 is 0 Å². The topological polar surface area (TPSA) is 61.4 Å². The van der Waals surface area contributed by atoms with Crippen LogP contribution in [0.5, 0.6) is 0 Å². The second-order valence-electron chi connectivity index (χ2n) is 4.92. The Bertz CT molecular complexity index is 456. The summed E-state index contributed by atoms with van der Waals surface area (Å²) in [4.78, 5) is 11.9. The molecule has 0 aromatic heterocycles.